The van der Waals surface area contributed by atoms with Gasteiger partial charge in [0.15, 0.2) is 16.8 Å². The first-order valence-electron chi connectivity index (χ1n) is 8.32. The van der Waals surface area contributed by atoms with Crippen LogP contribution in [0.25, 0.3) is 22.3 Å². The van der Waals surface area contributed by atoms with E-state index < -0.39 is 0 Å². The fourth-order valence-corrected chi connectivity index (χ4v) is 2.64. The zero-order chi connectivity index (χ0) is 18.5. The van der Waals surface area contributed by atoms with E-state index in [1.807, 2.05) is 0 Å². The van der Waals surface area contributed by atoms with Crippen molar-refractivity contribution in [2.24, 2.45) is 0 Å². The van der Waals surface area contributed by atoms with Crippen molar-refractivity contribution >= 4 is 11.0 Å². The summed E-state index contributed by atoms with van der Waals surface area (Å²) in [6.07, 6.45) is 1.48. The average molecular weight is 356 g/mol. The Labute approximate surface area is 150 Å². The van der Waals surface area contributed by atoms with Gasteiger partial charge in [0.2, 0.25) is 5.75 Å². The van der Waals surface area contributed by atoms with Crippen LogP contribution in [0, 0.1) is 0 Å². The summed E-state index contributed by atoms with van der Waals surface area (Å²) in [5.74, 6) is 1.11. The highest BCUT2D eigenvalue weighted by Gasteiger charge is 2.14. The lowest BCUT2D eigenvalue weighted by Gasteiger charge is -2.09. The van der Waals surface area contributed by atoms with Gasteiger partial charge in [0, 0.05) is 18.2 Å². The highest BCUT2D eigenvalue weighted by molar-refractivity contribution is 5.86. The molecule has 3 rings (SSSR count). The van der Waals surface area contributed by atoms with Crippen LogP contribution in [0.5, 0.6) is 17.2 Å². The molecule has 1 heterocycles. The predicted octanol–water partition coefficient (Wildman–Crippen LogP) is 3.33. The molecule has 136 valence electrons. The lowest BCUT2D eigenvalue weighted by Crippen LogP contribution is -2.01. The molecule has 0 saturated carbocycles. The number of unbranched alkanes of at least 4 members (excludes halogenated alkanes) is 1. The Morgan fingerprint density at radius 2 is 1.85 bits per heavy atom. The number of rotatable bonds is 7. The number of aliphatic hydroxyl groups is 1. The minimum Gasteiger partial charge on any atom is -0.504 e. The monoisotopic (exact) mass is 356 g/mol. The van der Waals surface area contributed by atoms with Crippen LogP contribution in [0.2, 0.25) is 0 Å². The summed E-state index contributed by atoms with van der Waals surface area (Å²) < 4.78 is 16.6. The van der Waals surface area contributed by atoms with E-state index in [1.165, 1.54) is 25.3 Å². The first kappa shape index (κ1) is 17.8. The molecule has 0 bridgehead atoms. The third-order valence-corrected chi connectivity index (χ3v) is 4.00. The predicted molar refractivity (Wildman–Crippen MR) is 98.0 cm³/mol. The molecular weight excluding hydrogens is 336 g/mol. The van der Waals surface area contributed by atoms with Crippen molar-refractivity contribution in [1.82, 2.24) is 0 Å². The van der Waals surface area contributed by atoms with Crippen LogP contribution in [-0.4, -0.2) is 30.5 Å². The number of aromatic hydroxyl groups is 1. The first-order chi connectivity index (χ1) is 12.6. The number of fused-ring (bicyclic) bond motifs is 1. The van der Waals surface area contributed by atoms with Gasteiger partial charge < -0.3 is 24.1 Å². The first-order valence-corrected chi connectivity index (χ1v) is 8.32. The van der Waals surface area contributed by atoms with E-state index >= 15 is 0 Å². The maximum Gasteiger partial charge on any atom is 0.204 e. The van der Waals surface area contributed by atoms with Crippen molar-refractivity contribution in [2.45, 2.75) is 12.8 Å². The van der Waals surface area contributed by atoms with Gasteiger partial charge in [0.25, 0.3) is 0 Å². The molecule has 0 fully saturated rings. The maximum absolute atomic E-state index is 12.4. The van der Waals surface area contributed by atoms with E-state index in [4.69, 9.17) is 19.0 Å². The molecule has 0 aliphatic rings. The smallest absolute Gasteiger partial charge is 0.204 e. The van der Waals surface area contributed by atoms with Crippen molar-refractivity contribution in [3.05, 3.63) is 52.7 Å². The van der Waals surface area contributed by atoms with Crippen molar-refractivity contribution in [1.29, 1.82) is 0 Å². The minimum atomic E-state index is -0.219. The van der Waals surface area contributed by atoms with Crippen LogP contribution in [0.4, 0.5) is 0 Å². The van der Waals surface area contributed by atoms with Crippen molar-refractivity contribution in [2.75, 3.05) is 20.3 Å². The van der Waals surface area contributed by atoms with Gasteiger partial charge in [0.05, 0.1) is 19.1 Å². The standard InChI is InChI=1S/C20H20O6/c1-24-20-16(22)9-8-15-17(23)12-18(26-19(15)20)13-4-6-14(7-5-13)25-11-3-2-10-21/h4-9,12,21-22H,2-3,10-11H2,1H3. The van der Waals surface area contributed by atoms with Crippen LogP contribution in [0.3, 0.4) is 0 Å². The fraction of sp³-hybridized carbons (Fsp3) is 0.250. The second kappa shape index (κ2) is 7.93. The van der Waals surface area contributed by atoms with Crippen molar-refractivity contribution < 1.29 is 24.1 Å². The Bertz CT molecular complexity index is 943. The van der Waals surface area contributed by atoms with Crippen LogP contribution < -0.4 is 14.9 Å². The molecule has 0 aliphatic heterocycles. The third kappa shape index (κ3) is 3.65. The molecule has 0 aliphatic carbocycles. The SMILES string of the molecule is COc1c(O)ccc2c(=O)cc(-c3ccc(OCCCCO)cc3)oc12. The van der Waals surface area contributed by atoms with E-state index in [0.29, 0.717) is 35.5 Å². The molecule has 0 atom stereocenters. The van der Waals surface area contributed by atoms with E-state index in [-0.39, 0.29) is 29.1 Å². The van der Waals surface area contributed by atoms with Gasteiger partial charge in [-0.1, -0.05) is 0 Å². The number of phenolic OH excluding ortho intramolecular Hbond substituents is 1. The Morgan fingerprint density at radius 1 is 1.08 bits per heavy atom. The van der Waals surface area contributed by atoms with E-state index in [0.717, 1.165) is 6.42 Å². The number of hydrogen-bond donors (Lipinski definition) is 2. The van der Waals surface area contributed by atoms with Gasteiger partial charge in [-0.2, -0.15) is 0 Å². The molecule has 1 aromatic heterocycles. The van der Waals surface area contributed by atoms with Crippen LogP contribution in [-0.2, 0) is 0 Å². The quantitative estimate of drug-likeness (QED) is 0.631. The molecular formula is C20H20O6. The summed E-state index contributed by atoms with van der Waals surface area (Å²) in [5.41, 5.74) is 0.695. The Balaban J connectivity index is 1.91. The number of hydrogen-bond acceptors (Lipinski definition) is 6. The minimum absolute atomic E-state index is 0.0908. The molecule has 0 unspecified atom stereocenters. The van der Waals surface area contributed by atoms with E-state index in [1.54, 1.807) is 24.3 Å². The summed E-state index contributed by atoms with van der Waals surface area (Å²) in [6, 6.07) is 11.5. The normalized spacial score (nSPS) is 10.8. The molecule has 6 heteroatoms. The largest absolute Gasteiger partial charge is 0.504 e. The molecule has 0 saturated heterocycles. The highest BCUT2D eigenvalue weighted by atomic mass is 16.5. The number of methoxy groups -OCH3 is 1. The molecule has 26 heavy (non-hydrogen) atoms. The zero-order valence-electron chi connectivity index (χ0n) is 14.4. The van der Waals surface area contributed by atoms with Gasteiger partial charge in [-0.15, -0.1) is 0 Å². The summed E-state index contributed by atoms with van der Waals surface area (Å²) >= 11 is 0. The zero-order valence-corrected chi connectivity index (χ0v) is 14.4. The summed E-state index contributed by atoms with van der Waals surface area (Å²) in [7, 11) is 1.41. The van der Waals surface area contributed by atoms with Gasteiger partial charge in [-0.3, -0.25) is 4.79 Å². The Morgan fingerprint density at radius 3 is 2.54 bits per heavy atom. The summed E-state index contributed by atoms with van der Waals surface area (Å²) in [4.78, 5) is 12.4. The molecule has 0 spiro atoms. The molecule has 2 aromatic carbocycles. The lowest BCUT2D eigenvalue weighted by molar-refractivity contribution is 0.253. The maximum atomic E-state index is 12.4. The Kier molecular flexibility index (Phi) is 5.43. The summed E-state index contributed by atoms with van der Waals surface area (Å²) in [6.45, 7) is 0.684. The van der Waals surface area contributed by atoms with E-state index in [2.05, 4.69) is 0 Å². The number of aliphatic hydroxyl groups excluding tert-OH is 1. The van der Waals surface area contributed by atoms with Gasteiger partial charge >= 0.3 is 0 Å². The molecule has 0 radical (unpaired) electrons. The van der Waals surface area contributed by atoms with Crippen LogP contribution in [0.1, 0.15) is 12.8 Å². The fourth-order valence-electron chi connectivity index (χ4n) is 2.64. The van der Waals surface area contributed by atoms with Crippen molar-refractivity contribution in [3.63, 3.8) is 0 Å². The van der Waals surface area contributed by atoms with Gasteiger partial charge in [-0.05, 0) is 49.2 Å². The van der Waals surface area contributed by atoms with Crippen molar-refractivity contribution in [3.8, 4) is 28.6 Å². The summed E-state index contributed by atoms with van der Waals surface area (Å²) in [5, 5.41) is 19.0. The Hall–Kier alpha value is -2.99. The molecule has 0 amide bonds. The highest BCUT2D eigenvalue weighted by Crippen LogP contribution is 2.35. The topological polar surface area (TPSA) is 89.1 Å². The van der Waals surface area contributed by atoms with Gasteiger partial charge in [0.1, 0.15) is 11.5 Å². The lowest BCUT2D eigenvalue weighted by atomic mass is 10.1. The molecule has 2 N–H and O–H groups in total. The molecule has 6 nitrogen and oxygen atoms in total. The number of benzene rings is 2. The third-order valence-electron chi connectivity index (χ3n) is 4.00. The number of phenols is 1. The average Bonchev–Trinajstić information content (AvgIpc) is 2.65. The second-order valence-corrected chi connectivity index (χ2v) is 5.77. The van der Waals surface area contributed by atoms with Gasteiger partial charge in [-0.25, -0.2) is 0 Å². The molecule has 3 aromatic rings. The van der Waals surface area contributed by atoms with E-state index in [9.17, 15) is 9.90 Å². The second-order valence-electron chi connectivity index (χ2n) is 5.77. The van der Waals surface area contributed by atoms with Crippen LogP contribution >= 0.6 is 0 Å². The van der Waals surface area contributed by atoms with Crippen LogP contribution in [0.15, 0.2) is 51.7 Å². The number of ether oxygens (including phenoxy) is 2.